The van der Waals surface area contributed by atoms with Crippen molar-refractivity contribution in [3.63, 3.8) is 0 Å². The Bertz CT molecular complexity index is 514. The molecular weight excluding hydrogens is 300 g/mol. The van der Waals surface area contributed by atoms with E-state index in [2.05, 4.69) is 17.1 Å². The molecule has 2 aliphatic rings. The van der Waals surface area contributed by atoms with E-state index in [4.69, 9.17) is 0 Å². The van der Waals surface area contributed by atoms with E-state index in [0.717, 1.165) is 50.8 Å². The summed E-state index contributed by atoms with van der Waals surface area (Å²) in [6.07, 6.45) is 7.62. The van der Waals surface area contributed by atoms with E-state index < -0.39 is 0 Å². The van der Waals surface area contributed by atoms with Gasteiger partial charge in [-0.05, 0) is 38.2 Å². The average molecular weight is 332 g/mol. The van der Waals surface area contributed by atoms with Crippen LogP contribution in [-0.4, -0.2) is 46.4 Å². The van der Waals surface area contributed by atoms with E-state index in [1.807, 2.05) is 18.2 Å². The zero-order valence-corrected chi connectivity index (χ0v) is 14.8. The van der Waals surface area contributed by atoms with Crippen molar-refractivity contribution < 1.29 is 10.2 Å². The first-order valence-electron chi connectivity index (χ1n) is 9.65. The third-order valence-corrected chi connectivity index (χ3v) is 5.85. The van der Waals surface area contributed by atoms with Gasteiger partial charge in [0.05, 0.1) is 6.10 Å². The predicted molar refractivity (Wildman–Crippen MR) is 97.1 cm³/mol. The summed E-state index contributed by atoms with van der Waals surface area (Å²) in [5, 5.41) is 24.1. The highest BCUT2D eigenvalue weighted by Gasteiger charge is 2.32. The molecule has 4 nitrogen and oxygen atoms in total. The molecule has 3 atom stereocenters. The number of nitrogens with zero attached hydrogens (tertiary/aromatic N) is 1. The number of hydrogen-bond donors (Lipinski definition) is 3. The van der Waals surface area contributed by atoms with Crippen LogP contribution in [0.5, 0.6) is 5.75 Å². The van der Waals surface area contributed by atoms with E-state index in [-0.39, 0.29) is 12.1 Å². The molecule has 0 spiro atoms. The normalized spacial score (nSPS) is 27.9. The summed E-state index contributed by atoms with van der Waals surface area (Å²) in [6.45, 7) is 4.30. The number of aromatic hydroxyl groups is 1. The van der Waals surface area contributed by atoms with Crippen molar-refractivity contribution in [1.82, 2.24) is 10.2 Å². The van der Waals surface area contributed by atoms with Crippen LogP contribution in [0.25, 0.3) is 0 Å². The molecule has 0 aromatic heterocycles. The van der Waals surface area contributed by atoms with E-state index in [1.54, 1.807) is 6.07 Å². The number of para-hydroxylation sites is 1. The fourth-order valence-corrected chi connectivity index (χ4v) is 4.41. The number of rotatable bonds is 5. The van der Waals surface area contributed by atoms with Crippen molar-refractivity contribution in [3.05, 3.63) is 29.8 Å². The minimum absolute atomic E-state index is 0.132. The molecule has 0 radical (unpaired) electrons. The second kappa shape index (κ2) is 8.32. The van der Waals surface area contributed by atoms with Crippen LogP contribution in [0.1, 0.15) is 63.5 Å². The van der Waals surface area contributed by atoms with Crippen LogP contribution in [-0.2, 0) is 0 Å². The minimum atomic E-state index is -0.132. The minimum Gasteiger partial charge on any atom is -0.508 e. The summed E-state index contributed by atoms with van der Waals surface area (Å²) in [7, 11) is 0. The lowest BCUT2D eigenvalue weighted by Gasteiger charge is -2.42. The maximum atomic E-state index is 10.3. The van der Waals surface area contributed by atoms with Crippen LogP contribution in [0, 0.1) is 0 Å². The molecule has 1 aliphatic carbocycles. The number of phenolic OH excluding ortho intramolecular Hbond substituents is 1. The van der Waals surface area contributed by atoms with Crippen LogP contribution in [0.4, 0.5) is 0 Å². The number of hydrogen-bond acceptors (Lipinski definition) is 4. The SMILES string of the molecule is CCC(NC1CCN(C2CCCCC2O)CC1)c1ccccc1O. The molecule has 24 heavy (non-hydrogen) atoms. The molecule has 1 aromatic rings. The average Bonchev–Trinajstić information content (AvgIpc) is 2.61. The zero-order chi connectivity index (χ0) is 16.9. The Morgan fingerprint density at radius 3 is 2.50 bits per heavy atom. The molecule has 3 N–H and O–H groups in total. The molecule has 4 heteroatoms. The van der Waals surface area contributed by atoms with E-state index >= 15 is 0 Å². The maximum Gasteiger partial charge on any atom is 0.120 e. The predicted octanol–water partition coefficient (Wildman–Crippen LogP) is 3.20. The van der Waals surface area contributed by atoms with E-state index in [0.29, 0.717) is 17.8 Å². The van der Waals surface area contributed by atoms with Gasteiger partial charge in [0.1, 0.15) is 5.75 Å². The molecular formula is C20H32N2O2. The number of piperidine rings is 1. The second-order valence-electron chi connectivity index (χ2n) is 7.42. The molecule has 1 saturated heterocycles. The van der Waals surface area contributed by atoms with Gasteiger partial charge in [-0.15, -0.1) is 0 Å². The van der Waals surface area contributed by atoms with Gasteiger partial charge in [-0.3, -0.25) is 4.90 Å². The first-order valence-corrected chi connectivity index (χ1v) is 9.65. The quantitative estimate of drug-likeness (QED) is 0.775. The highest BCUT2D eigenvalue weighted by atomic mass is 16.3. The van der Waals surface area contributed by atoms with Crippen molar-refractivity contribution in [2.45, 2.75) is 76.1 Å². The van der Waals surface area contributed by atoms with Gasteiger partial charge in [0, 0.05) is 36.8 Å². The Balaban J connectivity index is 1.53. The number of likely N-dealkylation sites (tertiary alicyclic amines) is 1. The third kappa shape index (κ3) is 4.11. The summed E-state index contributed by atoms with van der Waals surface area (Å²) in [5.41, 5.74) is 1.00. The molecule has 0 amide bonds. The molecule has 1 heterocycles. The maximum absolute atomic E-state index is 10.3. The van der Waals surface area contributed by atoms with Gasteiger partial charge in [-0.1, -0.05) is 38.0 Å². The van der Waals surface area contributed by atoms with Gasteiger partial charge in [-0.25, -0.2) is 0 Å². The third-order valence-electron chi connectivity index (χ3n) is 5.85. The van der Waals surface area contributed by atoms with Crippen LogP contribution in [0.2, 0.25) is 0 Å². The van der Waals surface area contributed by atoms with Crippen molar-refractivity contribution in [2.24, 2.45) is 0 Å². The fourth-order valence-electron chi connectivity index (χ4n) is 4.41. The molecule has 3 unspecified atom stereocenters. The van der Waals surface area contributed by atoms with Crippen LogP contribution in [0.15, 0.2) is 24.3 Å². The van der Waals surface area contributed by atoms with Crippen molar-refractivity contribution >= 4 is 0 Å². The second-order valence-corrected chi connectivity index (χ2v) is 7.42. The van der Waals surface area contributed by atoms with Crippen molar-refractivity contribution in [3.8, 4) is 5.75 Å². The highest BCUT2D eigenvalue weighted by molar-refractivity contribution is 5.34. The van der Waals surface area contributed by atoms with Crippen LogP contribution in [0.3, 0.4) is 0 Å². The summed E-state index contributed by atoms with van der Waals surface area (Å²) < 4.78 is 0. The smallest absolute Gasteiger partial charge is 0.120 e. The first-order chi connectivity index (χ1) is 11.7. The Labute approximate surface area is 145 Å². The summed E-state index contributed by atoms with van der Waals surface area (Å²) in [6, 6.07) is 8.73. The summed E-state index contributed by atoms with van der Waals surface area (Å²) in [5.74, 6) is 0.389. The number of benzene rings is 1. The summed E-state index contributed by atoms with van der Waals surface area (Å²) >= 11 is 0. The monoisotopic (exact) mass is 332 g/mol. The topological polar surface area (TPSA) is 55.7 Å². The number of aliphatic hydroxyl groups excluding tert-OH is 1. The fraction of sp³-hybridized carbons (Fsp3) is 0.700. The number of phenols is 1. The standard InChI is InChI=1S/C20H32N2O2/c1-2-17(16-7-3-5-9-19(16)23)21-15-11-13-22(14-12-15)18-8-4-6-10-20(18)24/h3,5,7,9,15,17-18,20-21,23-24H,2,4,6,8,10-14H2,1H3. The van der Waals surface area contributed by atoms with Crippen LogP contribution < -0.4 is 5.32 Å². The lowest BCUT2D eigenvalue weighted by Crippen LogP contribution is -2.51. The number of nitrogens with one attached hydrogen (secondary N) is 1. The molecule has 2 fully saturated rings. The molecule has 1 saturated carbocycles. The zero-order valence-electron chi connectivity index (χ0n) is 14.8. The largest absolute Gasteiger partial charge is 0.508 e. The molecule has 1 aromatic carbocycles. The molecule has 3 rings (SSSR count). The Morgan fingerprint density at radius 1 is 1.12 bits per heavy atom. The first kappa shape index (κ1) is 17.7. The Kier molecular flexibility index (Phi) is 6.14. The van der Waals surface area contributed by atoms with Crippen LogP contribution >= 0.6 is 0 Å². The Morgan fingerprint density at radius 2 is 1.83 bits per heavy atom. The van der Waals surface area contributed by atoms with E-state index in [1.165, 1.54) is 12.8 Å². The van der Waals surface area contributed by atoms with Gasteiger partial charge in [0.25, 0.3) is 0 Å². The van der Waals surface area contributed by atoms with Gasteiger partial charge < -0.3 is 15.5 Å². The molecule has 134 valence electrons. The lowest BCUT2D eigenvalue weighted by molar-refractivity contribution is 0.00655. The highest BCUT2D eigenvalue weighted by Crippen LogP contribution is 2.29. The summed E-state index contributed by atoms with van der Waals surface area (Å²) in [4.78, 5) is 2.50. The van der Waals surface area contributed by atoms with E-state index in [9.17, 15) is 10.2 Å². The van der Waals surface area contributed by atoms with Gasteiger partial charge in [0.15, 0.2) is 0 Å². The van der Waals surface area contributed by atoms with Crippen molar-refractivity contribution in [2.75, 3.05) is 13.1 Å². The van der Waals surface area contributed by atoms with Gasteiger partial charge in [0.2, 0.25) is 0 Å². The molecule has 1 aliphatic heterocycles. The Hall–Kier alpha value is -1.10. The lowest BCUT2D eigenvalue weighted by atomic mass is 9.89. The number of aliphatic hydroxyl groups is 1. The van der Waals surface area contributed by atoms with Crippen molar-refractivity contribution in [1.29, 1.82) is 0 Å². The van der Waals surface area contributed by atoms with Gasteiger partial charge >= 0.3 is 0 Å². The van der Waals surface area contributed by atoms with Gasteiger partial charge in [-0.2, -0.15) is 0 Å². The molecule has 0 bridgehead atoms.